The lowest BCUT2D eigenvalue weighted by Crippen LogP contribution is -2.37. The summed E-state index contributed by atoms with van der Waals surface area (Å²) in [5, 5.41) is 42.8. The Bertz CT molecular complexity index is 1170. The van der Waals surface area contributed by atoms with Gasteiger partial charge in [0, 0.05) is 5.97 Å². The highest BCUT2D eigenvalue weighted by Crippen LogP contribution is 2.24. The number of aliphatic hydroxyl groups is 3. The third kappa shape index (κ3) is 3.57. The molecule has 0 amide bonds. The average molecular weight is 417 g/mol. The lowest BCUT2D eigenvalue weighted by atomic mass is 10.1. The summed E-state index contributed by atoms with van der Waals surface area (Å²) < 4.78 is 6.91. The number of carboxylic acids is 1. The van der Waals surface area contributed by atoms with Crippen LogP contribution in [-0.4, -0.2) is 67.4 Å². The molecule has 1 saturated heterocycles. The Morgan fingerprint density at radius 2 is 2.10 bits per heavy atom. The molecule has 1 aliphatic heterocycles. The number of pyridine rings is 1. The minimum Gasteiger partial charge on any atom is -0.550 e. The van der Waals surface area contributed by atoms with Gasteiger partial charge in [0.1, 0.15) is 24.5 Å². The average Bonchev–Trinajstić information content (AvgIpc) is 3.00. The van der Waals surface area contributed by atoms with Gasteiger partial charge in [0.25, 0.3) is 5.56 Å². The van der Waals surface area contributed by atoms with Crippen molar-refractivity contribution in [3.63, 3.8) is 0 Å². The first-order valence-electron chi connectivity index (χ1n) is 9.19. The zero-order valence-corrected chi connectivity index (χ0v) is 15.6. The van der Waals surface area contributed by atoms with Crippen molar-refractivity contribution >= 4 is 28.5 Å². The number of fused-ring (bicyclic) bond motifs is 3. The van der Waals surface area contributed by atoms with Crippen molar-refractivity contribution < 1.29 is 34.4 Å². The second-order valence-electron chi connectivity index (χ2n) is 6.94. The summed E-state index contributed by atoms with van der Waals surface area (Å²) in [6, 6.07) is 3.21. The van der Waals surface area contributed by atoms with Gasteiger partial charge in [-0.1, -0.05) is 6.07 Å². The number of carbonyl (C=O) groups is 1. The molecule has 158 valence electrons. The number of rotatable bonds is 6. The van der Waals surface area contributed by atoms with Crippen molar-refractivity contribution in [1.29, 1.82) is 0 Å². The molecule has 12 heteroatoms. The van der Waals surface area contributed by atoms with Gasteiger partial charge in [-0.15, -0.1) is 0 Å². The molecule has 4 heterocycles. The van der Waals surface area contributed by atoms with Gasteiger partial charge in [-0.05, 0) is 29.5 Å². The first-order chi connectivity index (χ1) is 14.4. The lowest BCUT2D eigenvalue weighted by Gasteiger charge is -2.16. The molecule has 4 rings (SSSR count). The summed E-state index contributed by atoms with van der Waals surface area (Å²) in [6.45, 7) is -0.479. The monoisotopic (exact) mass is 417 g/mol. The number of aliphatic hydroxyl groups excluding tert-OH is 3. The molecule has 0 saturated carbocycles. The second-order valence-corrected chi connectivity index (χ2v) is 6.94. The predicted molar refractivity (Wildman–Crippen MR) is 98.0 cm³/mol. The molecule has 1 aliphatic rings. The molecule has 30 heavy (non-hydrogen) atoms. The molecule has 3 aromatic heterocycles. The number of nitrogens with zero attached hydrogens (tertiary/aromatic N) is 3. The van der Waals surface area contributed by atoms with Crippen LogP contribution < -0.4 is 20.4 Å². The highest BCUT2D eigenvalue weighted by Gasteiger charge is 2.42. The van der Waals surface area contributed by atoms with Crippen molar-refractivity contribution in [2.45, 2.75) is 37.4 Å². The Morgan fingerprint density at radius 3 is 2.80 bits per heavy atom. The zero-order chi connectivity index (χ0) is 21.4. The van der Waals surface area contributed by atoms with Crippen molar-refractivity contribution in [1.82, 2.24) is 15.0 Å². The van der Waals surface area contributed by atoms with Gasteiger partial charge in [0.15, 0.2) is 23.1 Å². The normalized spacial score (nSPS) is 23.8. The molecule has 0 bridgehead atoms. The van der Waals surface area contributed by atoms with Crippen LogP contribution in [0.25, 0.3) is 16.7 Å². The van der Waals surface area contributed by atoms with E-state index >= 15 is 0 Å². The maximum absolute atomic E-state index is 12.6. The van der Waals surface area contributed by atoms with Crippen LogP contribution in [0.1, 0.15) is 12.0 Å². The van der Waals surface area contributed by atoms with E-state index < -0.39 is 42.7 Å². The number of nitrogens with one attached hydrogen (secondary N) is 2. The van der Waals surface area contributed by atoms with E-state index in [-0.39, 0.29) is 29.7 Å². The molecule has 0 aromatic carbocycles. The first-order valence-corrected chi connectivity index (χ1v) is 9.19. The molecule has 12 nitrogen and oxygen atoms in total. The van der Waals surface area contributed by atoms with Crippen LogP contribution in [-0.2, 0) is 16.0 Å². The number of aliphatic carboxylic acids is 1. The van der Waals surface area contributed by atoms with E-state index in [1.807, 2.05) is 0 Å². The summed E-state index contributed by atoms with van der Waals surface area (Å²) >= 11 is 0. The third-order valence-corrected chi connectivity index (χ3v) is 4.98. The number of hydrogen-bond acceptors (Lipinski definition) is 10. The number of anilines is 1. The van der Waals surface area contributed by atoms with E-state index in [2.05, 4.69) is 20.3 Å². The maximum atomic E-state index is 12.6. The number of carboxylic acid groups (broad SMARTS) is 1. The number of aromatic amines is 1. The molecule has 1 fully saturated rings. The maximum Gasteiger partial charge on any atom is 0.357 e. The fraction of sp³-hybridized carbons (Fsp3) is 0.389. The number of hydrogen-bond donors (Lipinski definition) is 5. The highest BCUT2D eigenvalue weighted by atomic mass is 16.6. The third-order valence-electron chi connectivity index (χ3n) is 4.98. The SMILES string of the molecule is O=C([O-])CCc1ccc2c(=O)[nH]c3c(NC4O[C@H](CO)[C@@H](O)[C@H]4O)ncnc3[n+]2c1. The molecule has 1 unspecified atom stereocenters. The summed E-state index contributed by atoms with van der Waals surface area (Å²) in [5.41, 5.74) is 1.06. The Kier molecular flexibility index (Phi) is 5.30. The largest absolute Gasteiger partial charge is 0.550 e. The minimum absolute atomic E-state index is 0.140. The van der Waals surface area contributed by atoms with E-state index in [1.165, 1.54) is 10.7 Å². The molecule has 5 N–H and O–H groups in total. The topological polar surface area (TPSA) is 185 Å². The van der Waals surface area contributed by atoms with Crippen LogP contribution in [0.15, 0.2) is 29.5 Å². The number of aryl methyl sites for hydroxylation is 1. The van der Waals surface area contributed by atoms with Crippen LogP contribution in [0.5, 0.6) is 0 Å². The van der Waals surface area contributed by atoms with Crippen LogP contribution in [0.3, 0.4) is 0 Å². The Morgan fingerprint density at radius 1 is 1.30 bits per heavy atom. The van der Waals surface area contributed by atoms with E-state index in [1.54, 1.807) is 18.3 Å². The van der Waals surface area contributed by atoms with Crippen molar-refractivity contribution in [2.75, 3.05) is 11.9 Å². The van der Waals surface area contributed by atoms with Crippen molar-refractivity contribution in [2.24, 2.45) is 0 Å². The van der Waals surface area contributed by atoms with Gasteiger partial charge in [-0.3, -0.25) is 4.79 Å². The number of aromatic nitrogens is 4. The van der Waals surface area contributed by atoms with E-state index in [4.69, 9.17) is 4.74 Å². The quantitative estimate of drug-likeness (QED) is 0.200. The van der Waals surface area contributed by atoms with Crippen molar-refractivity contribution in [3.05, 3.63) is 40.6 Å². The van der Waals surface area contributed by atoms with Gasteiger partial charge in [0.05, 0.1) is 6.61 Å². The predicted octanol–water partition coefficient (Wildman–Crippen LogP) is -3.41. The molecule has 4 atom stereocenters. The molecular formula is C18H19N5O7. The van der Waals surface area contributed by atoms with Gasteiger partial charge in [0.2, 0.25) is 6.33 Å². The molecule has 0 aliphatic carbocycles. The van der Waals surface area contributed by atoms with Gasteiger partial charge in [-0.2, -0.15) is 9.38 Å². The fourth-order valence-corrected chi connectivity index (χ4v) is 3.41. The van der Waals surface area contributed by atoms with E-state index in [0.717, 1.165) is 0 Å². The van der Waals surface area contributed by atoms with Crippen LogP contribution in [0.2, 0.25) is 0 Å². The van der Waals surface area contributed by atoms with Crippen LogP contribution in [0.4, 0.5) is 5.82 Å². The number of H-pyrrole nitrogens is 1. The summed E-state index contributed by atoms with van der Waals surface area (Å²) in [4.78, 5) is 34.3. The standard InChI is InChI=1S/C18H19N5O7/c24-6-10-13(27)14(28)18(30-10)22-15-12-16(20-7-19-15)23-5-8(2-4-11(25)26)1-3-9(23)17(29)21-12/h1,3,5,7,10,13-14,18,24,27-28H,2,4,6H2,(H2,25,26,29)/t10-,13-,14-,18?/m1/s1. The Labute approximate surface area is 168 Å². The summed E-state index contributed by atoms with van der Waals surface area (Å²) in [6.07, 6.45) is -1.76. The highest BCUT2D eigenvalue weighted by molar-refractivity contribution is 5.80. The number of carbonyl (C=O) groups excluding carboxylic acids is 1. The van der Waals surface area contributed by atoms with Crippen LogP contribution in [0, 0.1) is 0 Å². The van der Waals surface area contributed by atoms with Crippen LogP contribution >= 0.6 is 0 Å². The lowest BCUT2D eigenvalue weighted by molar-refractivity contribution is -0.485. The van der Waals surface area contributed by atoms with E-state index in [9.17, 15) is 30.0 Å². The minimum atomic E-state index is -1.33. The Hall–Kier alpha value is -3.19. The second kappa shape index (κ2) is 7.91. The van der Waals surface area contributed by atoms with Gasteiger partial charge >= 0.3 is 5.65 Å². The molecule has 0 spiro atoms. The smallest absolute Gasteiger partial charge is 0.357 e. The summed E-state index contributed by atoms with van der Waals surface area (Å²) in [5.74, 6) is -1.04. The molecular weight excluding hydrogens is 398 g/mol. The number of ether oxygens (including phenoxy) is 1. The van der Waals surface area contributed by atoms with Crippen molar-refractivity contribution in [3.8, 4) is 0 Å². The first kappa shape index (κ1) is 20.1. The molecule has 3 aromatic rings. The fourth-order valence-electron chi connectivity index (χ4n) is 3.41. The van der Waals surface area contributed by atoms with E-state index in [0.29, 0.717) is 11.2 Å². The van der Waals surface area contributed by atoms with Gasteiger partial charge < -0.3 is 40.3 Å². The molecule has 0 radical (unpaired) electrons. The Balaban J connectivity index is 1.76. The zero-order valence-electron chi connectivity index (χ0n) is 15.6. The summed E-state index contributed by atoms with van der Waals surface area (Å²) in [7, 11) is 0. The van der Waals surface area contributed by atoms with Gasteiger partial charge in [-0.25, -0.2) is 0 Å².